The molecule has 1 aromatic carbocycles. The monoisotopic (exact) mass is 427 g/mol. The summed E-state index contributed by atoms with van der Waals surface area (Å²) >= 11 is 0. The van der Waals surface area contributed by atoms with Gasteiger partial charge in [0.25, 0.3) is 5.91 Å². The fourth-order valence-corrected chi connectivity index (χ4v) is 2.96. The molecule has 0 aliphatic heterocycles. The van der Waals surface area contributed by atoms with Crippen LogP contribution in [0.5, 0.6) is 11.5 Å². The molecule has 0 bridgehead atoms. The Hall–Kier alpha value is -3.75. The van der Waals surface area contributed by atoms with E-state index >= 15 is 0 Å². The van der Waals surface area contributed by atoms with Gasteiger partial charge in [0.15, 0.2) is 11.5 Å². The molecule has 0 aliphatic carbocycles. The minimum Gasteiger partial charge on any atom is -0.497 e. The average molecular weight is 427 g/mol. The molecule has 0 saturated heterocycles. The molecule has 0 fully saturated rings. The Labute approximate surface area is 179 Å². The summed E-state index contributed by atoms with van der Waals surface area (Å²) in [6, 6.07) is 9.44. The van der Waals surface area contributed by atoms with Gasteiger partial charge in [0.2, 0.25) is 5.91 Å². The normalized spacial score (nSPS) is 11.8. The zero-order valence-electron chi connectivity index (χ0n) is 17.8. The van der Waals surface area contributed by atoms with Gasteiger partial charge in [0.05, 0.1) is 32.6 Å². The molecule has 1 atom stereocenters. The predicted octanol–water partition coefficient (Wildman–Crippen LogP) is 3.02. The number of furan rings is 1. The summed E-state index contributed by atoms with van der Waals surface area (Å²) < 4.78 is 21.1. The minimum absolute atomic E-state index is 0.0531. The molecule has 2 aromatic heterocycles. The number of methoxy groups -OCH3 is 2. The molecule has 9 nitrogen and oxygen atoms in total. The van der Waals surface area contributed by atoms with E-state index in [0.29, 0.717) is 28.6 Å². The zero-order valence-corrected chi connectivity index (χ0v) is 17.8. The van der Waals surface area contributed by atoms with Crippen molar-refractivity contribution in [3.8, 4) is 22.8 Å². The van der Waals surface area contributed by atoms with E-state index in [9.17, 15) is 9.59 Å². The summed E-state index contributed by atoms with van der Waals surface area (Å²) in [5, 5.41) is 9.33. The Kier molecular flexibility index (Phi) is 6.96. The van der Waals surface area contributed by atoms with E-state index in [0.717, 1.165) is 0 Å². The third-order valence-corrected chi connectivity index (χ3v) is 4.67. The van der Waals surface area contributed by atoms with Crippen molar-refractivity contribution in [2.24, 2.45) is 5.92 Å². The quantitative estimate of drug-likeness (QED) is 0.539. The summed E-state index contributed by atoms with van der Waals surface area (Å²) in [6.07, 6.45) is 1.53. The number of hydrogen-bond donors (Lipinski definition) is 2. The summed E-state index contributed by atoms with van der Waals surface area (Å²) in [4.78, 5) is 25.3. The Bertz CT molecular complexity index is 1030. The molecule has 2 heterocycles. The van der Waals surface area contributed by atoms with Crippen LogP contribution < -0.4 is 20.1 Å². The van der Waals surface area contributed by atoms with Crippen molar-refractivity contribution in [3.63, 3.8) is 0 Å². The number of ether oxygens (including phenoxy) is 2. The van der Waals surface area contributed by atoms with Crippen LogP contribution in [0.25, 0.3) is 11.3 Å². The standard InChI is InChI=1S/C22H25N3O6/c1-13(2)20(22(27)23-12-15-6-5-9-30-15)24-21(26)17-11-19(31-25-17)16-8-7-14(28-3)10-18(16)29-4/h5-11,13,20H,12H2,1-4H3,(H,23,27)(H,24,26). The second-order valence-corrected chi connectivity index (χ2v) is 7.13. The molecule has 0 aliphatic rings. The lowest BCUT2D eigenvalue weighted by atomic mass is 10.0. The molecule has 3 rings (SSSR count). The van der Waals surface area contributed by atoms with Gasteiger partial charge >= 0.3 is 0 Å². The topological polar surface area (TPSA) is 116 Å². The summed E-state index contributed by atoms with van der Waals surface area (Å²) in [5.74, 6) is 1.13. The second kappa shape index (κ2) is 9.84. The number of rotatable bonds is 9. The van der Waals surface area contributed by atoms with Crippen molar-refractivity contribution in [1.82, 2.24) is 15.8 Å². The predicted molar refractivity (Wildman–Crippen MR) is 112 cm³/mol. The molecule has 164 valence electrons. The SMILES string of the molecule is COc1ccc(-c2cc(C(=O)NC(C(=O)NCc3ccco3)C(C)C)no2)c(OC)c1. The number of hydrogen-bond acceptors (Lipinski definition) is 7. The maximum Gasteiger partial charge on any atom is 0.274 e. The van der Waals surface area contributed by atoms with Crippen molar-refractivity contribution in [2.45, 2.75) is 26.4 Å². The van der Waals surface area contributed by atoms with E-state index in [1.54, 1.807) is 37.4 Å². The van der Waals surface area contributed by atoms with Crippen LogP contribution in [0, 0.1) is 5.92 Å². The first-order valence-electron chi connectivity index (χ1n) is 9.73. The first-order valence-corrected chi connectivity index (χ1v) is 9.73. The minimum atomic E-state index is -0.752. The highest BCUT2D eigenvalue weighted by atomic mass is 16.5. The molecular formula is C22H25N3O6. The lowest BCUT2D eigenvalue weighted by Crippen LogP contribution is -2.49. The average Bonchev–Trinajstić information content (AvgIpc) is 3.47. The zero-order chi connectivity index (χ0) is 22.4. The van der Waals surface area contributed by atoms with Crippen molar-refractivity contribution in [3.05, 3.63) is 54.1 Å². The van der Waals surface area contributed by atoms with Gasteiger partial charge in [-0.15, -0.1) is 0 Å². The summed E-state index contributed by atoms with van der Waals surface area (Å²) in [6.45, 7) is 3.91. The van der Waals surface area contributed by atoms with Crippen molar-refractivity contribution in [2.75, 3.05) is 14.2 Å². The molecule has 0 saturated carbocycles. The van der Waals surface area contributed by atoms with Crippen LogP contribution in [-0.4, -0.2) is 37.2 Å². The smallest absolute Gasteiger partial charge is 0.274 e. The maximum atomic E-state index is 12.7. The number of nitrogens with zero attached hydrogens (tertiary/aromatic N) is 1. The fourth-order valence-electron chi connectivity index (χ4n) is 2.96. The van der Waals surface area contributed by atoms with E-state index in [1.165, 1.54) is 19.4 Å². The molecule has 2 amide bonds. The molecule has 0 radical (unpaired) electrons. The van der Waals surface area contributed by atoms with E-state index in [4.69, 9.17) is 18.4 Å². The number of carbonyl (C=O) groups is 2. The van der Waals surface area contributed by atoms with Gasteiger partial charge in [-0.25, -0.2) is 0 Å². The lowest BCUT2D eigenvalue weighted by Gasteiger charge is -2.20. The van der Waals surface area contributed by atoms with E-state index in [1.807, 2.05) is 13.8 Å². The molecule has 2 N–H and O–H groups in total. The largest absolute Gasteiger partial charge is 0.497 e. The Morgan fingerprint density at radius 1 is 1.13 bits per heavy atom. The summed E-state index contributed by atoms with van der Waals surface area (Å²) in [5.41, 5.74) is 0.670. The maximum absolute atomic E-state index is 12.7. The molecule has 0 spiro atoms. The third-order valence-electron chi connectivity index (χ3n) is 4.67. The van der Waals surface area contributed by atoms with Crippen molar-refractivity contribution in [1.29, 1.82) is 0 Å². The summed E-state index contributed by atoms with van der Waals surface area (Å²) in [7, 11) is 3.08. The lowest BCUT2D eigenvalue weighted by molar-refractivity contribution is -0.124. The number of nitrogens with one attached hydrogen (secondary N) is 2. The van der Waals surface area contributed by atoms with Crippen LogP contribution in [0.3, 0.4) is 0 Å². The van der Waals surface area contributed by atoms with Gasteiger partial charge in [-0.2, -0.15) is 0 Å². The van der Waals surface area contributed by atoms with Crippen LogP contribution in [0.2, 0.25) is 0 Å². The van der Waals surface area contributed by atoms with Gasteiger partial charge in [-0.1, -0.05) is 19.0 Å². The van der Waals surface area contributed by atoms with Crippen LogP contribution in [-0.2, 0) is 11.3 Å². The molecule has 31 heavy (non-hydrogen) atoms. The van der Waals surface area contributed by atoms with Crippen LogP contribution >= 0.6 is 0 Å². The van der Waals surface area contributed by atoms with Crippen LogP contribution in [0.4, 0.5) is 0 Å². The number of carbonyl (C=O) groups excluding carboxylic acids is 2. The van der Waals surface area contributed by atoms with Gasteiger partial charge in [0, 0.05) is 12.1 Å². The van der Waals surface area contributed by atoms with Gasteiger partial charge in [0.1, 0.15) is 23.3 Å². The molecule has 3 aromatic rings. The third kappa shape index (κ3) is 5.25. The Morgan fingerprint density at radius 3 is 2.58 bits per heavy atom. The molecule has 9 heteroatoms. The van der Waals surface area contributed by atoms with Crippen LogP contribution in [0.1, 0.15) is 30.1 Å². The fraction of sp³-hybridized carbons (Fsp3) is 0.318. The highest BCUT2D eigenvalue weighted by Crippen LogP contribution is 2.33. The first-order chi connectivity index (χ1) is 14.9. The molecular weight excluding hydrogens is 402 g/mol. The van der Waals surface area contributed by atoms with Gasteiger partial charge < -0.3 is 29.0 Å². The highest BCUT2D eigenvalue weighted by molar-refractivity contribution is 5.96. The number of amides is 2. The first kappa shape index (κ1) is 21.9. The van der Waals surface area contributed by atoms with Crippen molar-refractivity contribution >= 4 is 11.8 Å². The number of aromatic nitrogens is 1. The Balaban J connectivity index is 1.71. The van der Waals surface area contributed by atoms with Gasteiger partial charge in [-0.05, 0) is 30.2 Å². The van der Waals surface area contributed by atoms with E-state index in [2.05, 4.69) is 15.8 Å². The molecule has 1 unspecified atom stereocenters. The number of benzene rings is 1. The van der Waals surface area contributed by atoms with Crippen molar-refractivity contribution < 1.29 is 28.0 Å². The Morgan fingerprint density at radius 2 is 1.94 bits per heavy atom. The van der Waals surface area contributed by atoms with E-state index in [-0.39, 0.29) is 24.1 Å². The van der Waals surface area contributed by atoms with Crippen LogP contribution in [0.15, 0.2) is 51.6 Å². The highest BCUT2D eigenvalue weighted by Gasteiger charge is 2.26. The van der Waals surface area contributed by atoms with Gasteiger partial charge in [-0.3, -0.25) is 9.59 Å². The second-order valence-electron chi connectivity index (χ2n) is 7.13. The van der Waals surface area contributed by atoms with E-state index < -0.39 is 11.9 Å².